The smallest absolute Gasteiger partial charge is 0.224 e. The highest BCUT2D eigenvalue weighted by molar-refractivity contribution is 6.03. The molecule has 1 fully saturated rings. The summed E-state index contributed by atoms with van der Waals surface area (Å²) in [5.74, 6) is 2.95. The first kappa shape index (κ1) is 18.7. The number of aliphatic imine (C=N–C) groups is 1. The first-order valence-corrected chi connectivity index (χ1v) is 9.50. The monoisotopic (exact) mass is 389 g/mol. The van der Waals surface area contributed by atoms with E-state index in [0.717, 1.165) is 29.8 Å². The van der Waals surface area contributed by atoms with Crippen LogP contribution in [0.4, 0.5) is 11.8 Å². The number of aromatic nitrogens is 3. The molecule has 0 spiro atoms. The van der Waals surface area contributed by atoms with E-state index < -0.39 is 0 Å². The molecule has 8 nitrogen and oxygen atoms in total. The Kier molecular flexibility index (Phi) is 5.51. The second-order valence-corrected chi connectivity index (χ2v) is 6.82. The SMILES string of the molecule is CN=C(C=C(N)C1CC1)Nc1ccnc(NCc2cc(-c3ccccc3)no2)n1. The molecule has 0 saturated heterocycles. The average molecular weight is 389 g/mol. The van der Waals surface area contributed by atoms with Crippen LogP contribution in [-0.4, -0.2) is 28.0 Å². The summed E-state index contributed by atoms with van der Waals surface area (Å²) < 4.78 is 5.40. The molecule has 29 heavy (non-hydrogen) atoms. The van der Waals surface area contributed by atoms with Crippen LogP contribution in [0.15, 0.2) is 69.9 Å². The minimum absolute atomic E-state index is 0.423. The zero-order chi connectivity index (χ0) is 20.1. The molecule has 0 radical (unpaired) electrons. The van der Waals surface area contributed by atoms with Crippen LogP contribution in [0.5, 0.6) is 0 Å². The molecule has 0 amide bonds. The van der Waals surface area contributed by atoms with Gasteiger partial charge in [0.2, 0.25) is 5.95 Å². The van der Waals surface area contributed by atoms with E-state index in [4.69, 9.17) is 10.3 Å². The van der Waals surface area contributed by atoms with Crippen molar-refractivity contribution in [2.75, 3.05) is 17.7 Å². The fourth-order valence-corrected chi connectivity index (χ4v) is 2.80. The van der Waals surface area contributed by atoms with E-state index in [2.05, 4.69) is 30.8 Å². The van der Waals surface area contributed by atoms with Crippen molar-refractivity contribution in [2.24, 2.45) is 16.6 Å². The Bertz CT molecular complexity index is 1020. The van der Waals surface area contributed by atoms with Crippen LogP contribution < -0.4 is 16.4 Å². The molecule has 0 aliphatic heterocycles. The van der Waals surface area contributed by atoms with E-state index in [1.807, 2.05) is 42.5 Å². The maximum atomic E-state index is 6.07. The van der Waals surface area contributed by atoms with E-state index in [1.54, 1.807) is 19.3 Å². The standard InChI is InChI=1S/C21H23N7O/c1-23-20(12-17(22)14-7-8-14)26-19-9-10-24-21(27-19)25-13-16-11-18(28-29-16)15-5-3-2-4-6-15/h2-6,9-12,14H,7-8,13,22H2,1H3,(H2,23,24,25,26,27). The van der Waals surface area contributed by atoms with Crippen LogP contribution in [0.1, 0.15) is 18.6 Å². The summed E-state index contributed by atoms with van der Waals surface area (Å²) in [6.45, 7) is 0.423. The maximum Gasteiger partial charge on any atom is 0.224 e. The third kappa shape index (κ3) is 4.98. The van der Waals surface area contributed by atoms with Crippen molar-refractivity contribution in [2.45, 2.75) is 19.4 Å². The Balaban J connectivity index is 1.38. The van der Waals surface area contributed by atoms with Gasteiger partial charge in [0, 0.05) is 30.6 Å². The van der Waals surface area contributed by atoms with Gasteiger partial charge in [-0.05, 0) is 30.9 Å². The van der Waals surface area contributed by atoms with E-state index in [9.17, 15) is 0 Å². The third-order valence-electron chi connectivity index (χ3n) is 4.55. The number of allylic oxidation sites excluding steroid dienone is 1. The second-order valence-electron chi connectivity index (χ2n) is 6.82. The Labute approximate surface area is 169 Å². The molecule has 0 bridgehead atoms. The van der Waals surface area contributed by atoms with Crippen molar-refractivity contribution >= 4 is 17.6 Å². The van der Waals surface area contributed by atoms with E-state index in [-0.39, 0.29) is 0 Å². The predicted molar refractivity (Wildman–Crippen MR) is 113 cm³/mol. The number of benzene rings is 1. The van der Waals surface area contributed by atoms with Gasteiger partial charge >= 0.3 is 0 Å². The van der Waals surface area contributed by atoms with E-state index in [1.165, 1.54) is 0 Å². The molecule has 1 saturated carbocycles. The summed E-state index contributed by atoms with van der Waals surface area (Å²) in [5, 5.41) is 10.4. The number of hydrogen-bond donors (Lipinski definition) is 3. The van der Waals surface area contributed by atoms with Crippen LogP contribution >= 0.6 is 0 Å². The highest BCUT2D eigenvalue weighted by Crippen LogP contribution is 2.33. The van der Waals surface area contributed by atoms with Gasteiger partial charge in [0.15, 0.2) is 5.76 Å². The highest BCUT2D eigenvalue weighted by Gasteiger charge is 2.24. The van der Waals surface area contributed by atoms with Gasteiger partial charge in [-0.15, -0.1) is 0 Å². The quantitative estimate of drug-likeness (QED) is 0.419. The van der Waals surface area contributed by atoms with Crippen LogP contribution in [0.2, 0.25) is 0 Å². The van der Waals surface area contributed by atoms with Gasteiger partial charge < -0.3 is 20.9 Å². The summed E-state index contributed by atoms with van der Waals surface area (Å²) in [6.07, 6.45) is 5.84. The van der Waals surface area contributed by atoms with Crippen molar-refractivity contribution in [1.82, 2.24) is 15.1 Å². The second kappa shape index (κ2) is 8.55. The highest BCUT2D eigenvalue weighted by atomic mass is 16.5. The molecule has 1 aliphatic rings. The molecule has 2 heterocycles. The molecule has 4 rings (SSSR count). The number of nitrogens with one attached hydrogen (secondary N) is 2. The van der Waals surface area contributed by atoms with Gasteiger partial charge in [0.25, 0.3) is 0 Å². The molecule has 8 heteroatoms. The number of nitrogens with two attached hydrogens (primary N) is 1. The van der Waals surface area contributed by atoms with Gasteiger partial charge in [-0.2, -0.15) is 4.98 Å². The summed E-state index contributed by atoms with van der Waals surface area (Å²) >= 11 is 0. The van der Waals surface area contributed by atoms with Gasteiger partial charge in [-0.1, -0.05) is 35.5 Å². The number of amidine groups is 1. The molecular weight excluding hydrogens is 366 g/mol. The Morgan fingerprint density at radius 1 is 1.28 bits per heavy atom. The lowest BCUT2D eigenvalue weighted by Crippen LogP contribution is -2.14. The third-order valence-corrected chi connectivity index (χ3v) is 4.55. The first-order chi connectivity index (χ1) is 14.2. The van der Waals surface area contributed by atoms with Crippen LogP contribution in [-0.2, 0) is 6.54 Å². The van der Waals surface area contributed by atoms with Crippen molar-refractivity contribution < 1.29 is 4.52 Å². The Morgan fingerprint density at radius 2 is 2.10 bits per heavy atom. The van der Waals surface area contributed by atoms with Crippen molar-refractivity contribution in [3.05, 3.63) is 66.2 Å². The van der Waals surface area contributed by atoms with Crippen molar-refractivity contribution in [3.8, 4) is 11.3 Å². The zero-order valence-electron chi connectivity index (χ0n) is 16.2. The fourth-order valence-electron chi connectivity index (χ4n) is 2.80. The molecule has 3 aromatic rings. The average Bonchev–Trinajstić information content (AvgIpc) is 3.51. The summed E-state index contributed by atoms with van der Waals surface area (Å²) in [7, 11) is 1.72. The Hall–Kier alpha value is -3.68. The summed E-state index contributed by atoms with van der Waals surface area (Å²) in [5.41, 5.74) is 8.73. The number of anilines is 2. The van der Waals surface area contributed by atoms with Crippen molar-refractivity contribution in [3.63, 3.8) is 0 Å². The first-order valence-electron chi connectivity index (χ1n) is 9.50. The minimum Gasteiger partial charge on any atom is -0.402 e. The molecule has 2 aromatic heterocycles. The largest absolute Gasteiger partial charge is 0.402 e. The van der Waals surface area contributed by atoms with Crippen molar-refractivity contribution in [1.29, 1.82) is 0 Å². The van der Waals surface area contributed by atoms with Gasteiger partial charge in [0.1, 0.15) is 17.3 Å². The van der Waals surface area contributed by atoms with E-state index in [0.29, 0.717) is 35.8 Å². The molecular formula is C21H23N7O. The molecule has 4 N–H and O–H groups in total. The molecule has 0 unspecified atom stereocenters. The fraction of sp³-hybridized carbons (Fsp3) is 0.238. The van der Waals surface area contributed by atoms with Gasteiger partial charge in [-0.25, -0.2) is 4.98 Å². The van der Waals surface area contributed by atoms with Crippen LogP contribution in [0, 0.1) is 5.92 Å². The number of nitrogens with zero attached hydrogens (tertiary/aromatic N) is 4. The lowest BCUT2D eigenvalue weighted by atomic mass is 10.1. The summed E-state index contributed by atoms with van der Waals surface area (Å²) in [4.78, 5) is 12.9. The molecule has 0 atom stereocenters. The number of hydrogen-bond acceptors (Lipinski definition) is 7. The van der Waals surface area contributed by atoms with E-state index >= 15 is 0 Å². The van der Waals surface area contributed by atoms with Crippen LogP contribution in [0.3, 0.4) is 0 Å². The normalized spacial score (nSPS) is 14.7. The molecule has 1 aliphatic carbocycles. The lowest BCUT2D eigenvalue weighted by molar-refractivity contribution is 0.390. The Morgan fingerprint density at radius 3 is 2.86 bits per heavy atom. The lowest BCUT2D eigenvalue weighted by Gasteiger charge is -2.08. The van der Waals surface area contributed by atoms with Crippen LogP contribution in [0.25, 0.3) is 11.3 Å². The molecule has 1 aromatic carbocycles. The maximum absolute atomic E-state index is 6.07. The predicted octanol–water partition coefficient (Wildman–Crippen LogP) is 3.44. The molecule has 148 valence electrons. The number of rotatable bonds is 7. The summed E-state index contributed by atoms with van der Waals surface area (Å²) in [6, 6.07) is 13.6. The minimum atomic E-state index is 0.423. The van der Waals surface area contributed by atoms with Gasteiger partial charge in [-0.3, -0.25) is 4.99 Å². The topological polar surface area (TPSA) is 114 Å². The zero-order valence-corrected chi connectivity index (χ0v) is 16.2. The van der Waals surface area contributed by atoms with Gasteiger partial charge in [0.05, 0.1) is 6.54 Å².